The molecule has 122 valence electrons. The Balaban J connectivity index is 1.66. The summed E-state index contributed by atoms with van der Waals surface area (Å²) in [6, 6.07) is 16.5. The molecule has 4 nitrogen and oxygen atoms in total. The van der Waals surface area contributed by atoms with Crippen molar-refractivity contribution in [2.24, 2.45) is 0 Å². The fourth-order valence-corrected chi connectivity index (χ4v) is 3.43. The molecule has 0 fully saturated rings. The van der Waals surface area contributed by atoms with Crippen LogP contribution in [0.25, 0.3) is 10.9 Å². The van der Waals surface area contributed by atoms with Gasteiger partial charge in [0, 0.05) is 30.7 Å². The first kappa shape index (κ1) is 15.0. The fourth-order valence-electron chi connectivity index (χ4n) is 3.43. The number of nitrogens with two attached hydrogens (primary N) is 1. The zero-order valence-corrected chi connectivity index (χ0v) is 13.8. The van der Waals surface area contributed by atoms with Crippen molar-refractivity contribution >= 4 is 16.6 Å². The maximum atomic E-state index is 6.45. The Morgan fingerprint density at radius 1 is 1.17 bits per heavy atom. The first-order valence-corrected chi connectivity index (χ1v) is 8.26. The number of nitrogens with zero attached hydrogens (tertiary/aromatic N) is 2. The minimum absolute atomic E-state index is 0.817. The van der Waals surface area contributed by atoms with Gasteiger partial charge in [-0.05, 0) is 35.7 Å². The van der Waals surface area contributed by atoms with Crippen molar-refractivity contribution in [2.75, 3.05) is 19.4 Å². The number of pyridine rings is 1. The Morgan fingerprint density at radius 3 is 2.79 bits per heavy atom. The van der Waals surface area contributed by atoms with Crippen LogP contribution in [0.15, 0.2) is 48.5 Å². The van der Waals surface area contributed by atoms with E-state index in [1.807, 2.05) is 18.2 Å². The first-order chi connectivity index (χ1) is 11.7. The quantitative estimate of drug-likeness (QED) is 0.804. The van der Waals surface area contributed by atoms with Gasteiger partial charge in [0.1, 0.15) is 5.75 Å². The molecule has 24 heavy (non-hydrogen) atoms. The van der Waals surface area contributed by atoms with Gasteiger partial charge in [-0.15, -0.1) is 0 Å². The molecule has 0 saturated heterocycles. The number of nitrogen functional groups attached to an aromatic ring is 1. The normalized spacial score (nSPS) is 14.5. The lowest BCUT2D eigenvalue weighted by Crippen LogP contribution is -2.31. The molecule has 0 saturated carbocycles. The van der Waals surface area contributed by atoms with E-state index in [1.165, 1.54) is 11.1 Å². The maximum absolute atomic E-state index is 6.45. The summed E-state index contributed by atoms with van der Waals surface area (Å²) in [5.41, 5.74) is 11.9. The molecule has 0 unspecified atom stereocenters. The van der Waals surface area contributed by atoms with Crippen molar-refractivity contribution in [3.8, 4) is 5.75 Å². The molecule has 0 aliphatic carbocycles. The molecule has 0 spiro atoms. The van der Waals surface area contributed by atoms with Gasteiger partial charge in [-0.1, -0.05) is 30.3 Å². The number of benzene rings is 2. The molecule has 1 aromatic heterocycles. The van der Waals surface area contributed by atoms with E-state index in [1.54, 1.807) is 7.11 Å². The number of rotatable bonds is 3. The Morgan fingerprint density at radius 2 is 2.00 bits per heavy atom. The minimum Gasteiger partial charge on any atom is -0.497 e. The van der Waals surface area contributed by atoms with E-state index in [4.69, 9.17) is 15.5 Å². The predicted octanol–water partition coefficient (Wildman–Crippen LogP) is 3.38. The fraction of sp³-hybridized carbons (Fsp3) is 0.250. The Labute approximate surface area is 141 Å². The molecule has 2 N–H and O–H groups in total. The van der Waals surface area contributed by atoms with Gasteiger partial charge >= 0.3 is 0 Å². The second kappa shape index (κ2) is 6.13. The average molecular weight is 319 g/mol. The third-order valence-electron chi connectivity index (χ3n) is 4.72. The van der Waals surface area contributed by atoms with Crippen molar-refractivity contribution < 1.29 is 4.74 Å². The molecule has 0 bridgehead atoms. The number of anilines is 1. The van der Waals surface area contributed by atoms with Crippen LogP contribution in [-0.4, -0.2) is 23.5 Å². The molecule has 2 aromatic carbocycles. The number of aromatic nitrogens is 1. The van der Waals surface area contributed by atoms with Crippen molar-refractivity contribution in [2.45, 2.75) is 19.5 Å². The molecule has 2 heterocycles. The summed E-state index contributed by atoms with van der Waals surface area (Å²) in [7, 11) is 1.67. The van der Waals surface area contributed by atoms with Crippen LogP contribution < -0.4 is 10.5 Å². The zero-order chi connectivity index (χ0) is 16.5. The van der Waals surface area contributed by atoms with E-state index in [9.17, 15) is 0 Å². The Kier molecular flexibility index (Phi) is 3.82. The number of ether oxygens (including phenoxy) is 1. The van der Waals surface area contributed by atoms with Crippen LogP contribution >= 0.6 is 0 Å². The molecule has 0 atom stereocenters. The predicted molar refractivity (Wildman–Crippen MR) is 97.0 cm³/mol. The van der Waals surface area contributed by atoms with Crippen LogP contribution in [0.3, 0.4) is 0 Å². The van der Waals surface area contributed by atoms with Crippen LogP contribution in [-0.2, 0) is 19.5 Å². The van der Waals surface area contributed by atoms with Crippen LogP contribution in [0, 0.1) is 0 Å². The summed E-state index contributed by atoms with van der Waals surface area (Å²) < 4.78 is 5.31. The SMILES string of the molecule is COc1ccc2nc3c(c(N)c2c1)CCN(Cc1ccccc1)C3. The molecule has 0 radical (unpaired) electrons. The van der Waals surface area contributed by atoms with E-state index in [-0.39, 0.29) is 0 Å². The van der Waals surface area contributed by atoms with Crippen molar-refractivity contribution in [3.63, 3.8) is 0 Å². The summed E-state index contributed by atoms with van der Waals surface area (Å²) in [5, 5.41) is 0.990. The second-order valence-electron chi connectivity index (χ2n) is 6.28. The van der Waals surface area contributed by atoms with Gasteiger partial charge in [0.2, 0.25) is 0 Å². The number of hydrogen-bond donors (Lipinski definition) is 1. The molecule has 0 amide bonds. The highest BCUT2D eigenvalue weighted by Gasteiger charge is 2.21. The summed E-state index contributed by atoms with van der Waals surface area (Å²) in [5.74, 6) is 0.817. The number of hydrogen-bond acceptors (Lipinski definition) is 4. The maximum Gasteiger partial charge on any atom is 0.119 e. The molecule has 3 aromatic rings. The summed E-state index contributed by atoms with van der Waals surface area (Å²) in [4.78, 5) is 7.30. The summed E-state index contributed by atoms with van der Waals surface area (Å²) >= 11 is 0. The lowest BCUT2D eigenvalue weighted by Gasteiger charge is -2.29. The smallest absolute Gasteiger partial charge is 0.119 e. The van der Waals surface area contributed by atoms with E-state index >= 15 is 0 Å². The highest BCUT2D eigenvalue weighted by atomic mass is 16.5. The van der Waals surface area contributed by atoms with Crippen LogP contribution in [0.4, 0.5) is 5.69 Å². The van der Waals surface area contributed by atoms with Gasteiger partial charge in [-0.2, -0.15) is 0 Å². The van der Waals surface area contributed by atoms with E-state index in [0.717, 1.165) is 54.1 Å². The molecular weight excluding hydrogens is 298 g/mol. The first-order valence-electron chi connectivity index (χ1n) is 8.26. The van der Waals surface area contributed by atoms with Crippen molar-refractivity contribution in [1.82, 2.24) is 9.88 Å². The van der Waals surface area contributed by atoms with Crippen LogP contribution in [0.5, 0.6) is 5.75 Å². The van der Waals surface area contributed by atoms with Gasteiger partial charge in [0.15, 0.2) is 0 Å². The second-order valence-corrected chi connectivity index (χ2v) is 6.28. The van der Waals surface area contributed by atoms with Gasteiger partial charge in [-0.25, -0.2) is 0 Å². The minimum atomic E-state index is 0.817. The van der Waals surface area contributed by atoms with Gasteiger partial charge in [0.25, 0.3) is 0 Å². The van der Waals surface area contributed by atoms with Crippen molar-refractivity contribution in [1.29, 1.82) is 0 Å². The van der Waals surface area contributed by atoms with Crippen LogP contribution in [0.1, 0.15) is 16.8 Å². The molecule has 1 aliphatic heterocycles. The lowest BCUT2D eigenvalue weighted by molar-refractivity contribution is 0.242. The van der Waals surface area contributed by atoms with Gasteiger partial charge in [-0.3, -0.25) is 9.88 Å². The standard InChI is InChI=1S/C20H21N3O/c1-24-15-7-8-18-17(11-15)20(21)16-9-10-23(13-19(16)22-18)12-14-5-3-2-4-6-14/h2-8,11H,9-10,12-13H2,1H3,(H2,21,22). The largest absolute Gasteiger partial charge is 0.497 e. The summed E-state index contributed by atoms with van der Waals surface area (Å²) in [6.07, 6.45) is 0.939. The zero-order valence-electron chi connectivity index (χ0n) is 13.8. The molecular formula is C20H21N3O. The third kappa shape index (κ3) is 2.69. The monoisotopic (exact) mass is 319 g/mol. The number of methoxy groups -OCH3 is 1. The number of fused-ring (bicyclic) bond motifs is 2. The molecule has 4 heteroatoms. The van der Waals surface area contributed by atoms with Crippen LogP contribution in [0.2, 0.25) is 0 Å². The Bertz CT molecular complexity index is 877. The topological polar surface area (TPSA) is 51.4 Å². The molecule has 4 rings (SSSR count). The highest BCUT2D eigenvalue weighted by molar-refractivity contribution is 5.93. The van der Waals surface area contributed by atoms with Gasteiger partial charge in [0.05, 0.1) is 18.3 Å². The Hall–Kier alpha value is -2.59. The highest BCUT2D eigenvalue weighted by Crippen LogP contribution is 2.32. The van der Waals surface area contributed by atoms with E-state index in [2.05, 4.69) is 35.2 Å². The lowest BCUT2D eigenvalue weighted by atomic mass is 9.99. The third-order valence-corrected chi connectivity index (χ3v) is 4.72. The van der Waals surface area contributed by atoms with E-state index < -0.39 is 0 Å². The van der Waals surface area contributed by atoms with Crippen molar-refractivity contribution in [3.05, 3.63) is 65.4 Å². The van der Waals surface area contributed by atoms with E-state index in [0.29, 0.717) is 0 Å². The average Bonchev–Trinajstić information content (AvgIpc) is 2.62. The summed E-state index contributed by atoms with van der Waals surface area (Å²) in [6.45, 7) is 2.79. The molecule has 1 aliphatic rings. The van der Waals surface area contributed by atoms with Gasteiger partial charge < -0.3 is 10.5 Å².